The van der Waals surface area contributed by atoms with Crippen molar-refractivity contribution in [2.24, 2.45) is 0 Å². The Morgan fingerprint density at radius 2 is 1.58 bits per heavy atom. The van der Waals surface area contributed by atoms with Crippen molar-refractivity contribution in [2.75, 3.05) is 0 Å². The molecule has 0 saturated heterocycles. The van der Waals surface area contributed by atoms with Crippen molar-refractivity contribution in [2.45, 2.75) is 45.9 Å². The molecule has 3 nitrogen and oxygen atoms in total. The number of hydrogen-bond acceptors (Lipinski definition) is 1. The van der Waals surface area contributed by atoms with Crippen molar-refractivity contribution in [3.63, 3.8) is 0 Å². The molecule has 168 valence electrons. The van der Waals surface area contributed by atoms with Gasteiger partial charge in [0, 0.05) is 49.9 Å². The standard InChI is InChI=1S/C29H29IN2O/c1-20(2)31-16-14-25-26(27(30)10-12-29(25)31)17-21(3)32-15-13-23-18-24(9-11-28(23)32)33-19-22-7-5-4-6-8-22/h4-16,18,20-21H,17,19H2,1-3H3. The van der Waals surface area contributed by atoms with Gasteiger partial charge in [0.2, 0.25) is 0 Å². The second-order valence-corrected chi connectivity index (χ2v) is 10.2. The van der Waals surface area contributed by atoms with Gasteiger partial charge in [-0.2, -0.15) is 0 Å². The molecule has 1 atom stereocenters. The number of benzene rings is 3. The first-order valence-electron chi connectivity index (χ1n) is 11.6. The van der Waals surface area contributed by atoms with Gasteiger partial charge in [0.1, 0.15) is 12.4 Å². The molecule has 0 saturated carbocycles. The van der Waals surface area contributed by atoms with Gasteiger partial charge in [0.25, 0.3) is 0 Å². The van der Waals surface area contributed by atoms with Crippen molar-refractivity contribution in [3.05, 3.63) is 99.9 Å². The third kappa shape index (κ3) is 4.41. The van der Waals surface area contributed by atoms with Crippen molar-refractivity contribution in [1.82, 2.24) is 9.13 Å². The SMILES string of the molecule is CC(C)n1ccc2c(CC(C)n3ccc4cc(OCc5ccccc5)ccc43)c(I)ccc21. The minimum atomic E-state index is 0.347. The maximum Gasteiger partial charge on any atom is 0.120 e. The first kappa shape index (κ1) is 22.1. The Kier molecular flexibility index (Phi) is 6.19. The second kappa shape index (κ2) is 9.26. The van der Waals surface area contributed by atoms with E-state index in [2.05, 4.69) is 119 Å². The Morgan fingerprint density at radius 1 is 0.818 bits per heavy atom. The highest BCUT2D eigenvalue weighted by Gasteiger charge is 2.16. The summed E-state index contributed by atoms with van der Waals surface area (Å²) in [6, 6.07) is 26.5. The van der Waals surface area contributed by atoms with E-state index >= 15 is 0 Å². The first-order valence-corrected chi connectivity index (χ1v) is 12.6. The number of aromatic nitrogens is 2. The molecule has 2 heterocycles. The third-order valence-electron chi connectivity index (χ3n) is 6.43. The van der Waals surface area contributed by atoms with Crippen LogP contribution in [0.25, 0.3) is 21.8 Å². The van der Waals surface area contributed by atoms with E-state index in [1.807, 2.05) is 18.2 Å². The van der Waals surface area contributed by atoms with Crippen molar-refractivity contribution < 1.29 is 4.74 Å². The number of nitrogens with zero attached hydrogens (tertiary/aromatic N) is 2. The van der Waals surface area contributed by atoms with E-state index in [4.69, 9.17) is 4.74 Å². The fraction of sp³-hybridized carbons (Fsp3) is 0.241. The maximum absolute atomic E-state index is 6.04. The fourth-order valence-corrected chi connectivity index (χ4v) is 5.37. The van der Waals surface area contributed by atoms with Crippen molar-refractivity contribution >= 4 is 44.4 Å². The van der Waals surface area contributed by atoms with Crippen LogP contribution in [0.15, 0.2) is 85.2 Å². The minimum absolute atomic E-state index is 0.347. The lowest BCUT2D eigenvalue weighted by molar-refractivity contribution is 0.306. The average molecular weight is 548 g/mol. The highest BCUT2D eigenvalue weighted by molar-refractivity contribution is 14.1. The van der Waals surface area contributed by atoms with Gasteiger partial charge in [-0.1, -0.05) is 30.3 Å². The van der Waals surface area contributed by atoms with Crippen molar-refractivity contribution in [1.29, 1.82) is 0 Å². The molecule has 5 rings (SSSR count). The summed E-state index contributed by atoms with van der Waals surface area (Å²) in [6.45, 7) is 7.38. The topological polar surface area (TPSA) is 19.1 Å². The van der Waals surface area contributed by atoms with Gasteiger partial charge in [-0.05, 0) is 103 Å². The summed E-state index contributed by atoms with van der Waals surface area (Å²) in [5.41, 5.74) is 5.19. The van der Waals surface area contributed by atoms with Gasteiger partial charge < -0.3 is 13.9 Å². The molecule has 0 fully saturated rings. The van der Waals surface area contributed by atoms with Crippen LogP contribution < -0.4 is 4.74 Å². The van der Waals surface area contributed by atoms with Gasteiger partial charge in [-0.25, -0.2) is 0 Å². The Labute approximate surface area is 209 Å². The lowest BCUT2D eigenvalue weighted by Crippen LogP contribution is -2.08. The van der Waals surface area contributed by atoms with Crippen molar-refractivity contribution in [3.8, 4) is 5.75 Å². The summed E-state index contributed by atoms with van der Waals surface area (Å²) in [5.74, 6) is 0.908. The summed E-state index contributed by atoms with van der Waals surface area (Å²) in [6.07, 6.45) is 5.43. The fourth-order valence-electron chi connectivity index (χ4n) is 4.68. The predicted octanol–water partition coefficient (Wildman–Crippen LogP) is 8.16. The molecule has 0 spiro atoms. The molecule has 0 bridgehead atoms. The van der Waals surface area contributed by atoms with E-state index in [-0.39, 0.29) is 0 Å². The molecule has 0 N–H and O–H groups in total. The van der Waals surface area contributed by atoms with Gasteiger partial charge in [0.15, 0.2) is 0 Å². The molecule has 0 aliphatic carbocycles. The Bertz CT molecular complexity index is 1400. The lowest BCUT2D eigenvalue weighted by atomic mass is 10.0. The second-order valence-electron chi connectivity index (χ2n) is 9.05. The number of halogens is 1. The Morgan fingerprint density at radius 3 is 2.36 bits per heavy atom. The monoisotopic (exact) mass is 548 g/mol. The van der Waals surface area contributed by atoms with Gasteiger partial charge in [-0.3, -0.25) is 0 Å². The zero-order chi connectivity index (χ0) is 22.9. The number of ether oxygens (including phenoxy) is 1. The molecular formula is C29H29IN2O. The molecular weight excluding hydrogens is 519 g/mol. The van der Waals surface area contributed by atoms with Crippen LogP contribution in [0.4, 0.5) is 0 Å². The molecule has 3 aromatic carbocycles. The maximum atomic E-state index is 6.04. The van der Waals surface area contributed by atoms with Crippen LogP contribution in [0.2, 0.25) is 0 Å². The number of rotatable bonds is 7. The summed E-state index contributed by atoms with van der Waals surface area (Å²) in [7, 11) is 0. The molecule has 4 heteroatoms. The van der Waals surface area contributed by atoms with Gasteiger partial charge in [-0.15, -0.1) is 0 Å². The lowest BCUT2D eigenvalue weighted by Gasteiger charge is -2.18. The molecule has 0 amide bonds. The minimum Gasteiger partial charge on any atom is -0.489 e. The van der Waals surface area contributed by atoms with Crippen LogP contribution in [0.3, 0.4) is 0 Å². The van der Waals surface area contributed by atoms with Crippen LogP contribution >= 0.6 is 22.6 Å². The van der Waals surface area contributed by atoms with Crippen LogP contribution in [-0.4, -0.2) is 9.13 Å². The predicted molar refractivity (Wildman–Crippen MR) is 146 cm³/mol. The number of fused-ring (bicyclic) bond motifs is 2. The first-order chi connectivity index (χ1) is 16.0. The molecule has 2 aromatic heterocycles. The largest absolute Gasteiger partial charge is 0.489 e. The number of hydrogen-bond donors (Lipinski definition) is 0. The Balaban J connectivity index is 1.39. The average Bonchev–Trinajstić information content (AvgIpc) is 3.44. The van der Waals surface area contributed by atoms with Crippen LogP contribution in [0.1, 0.15) is 44.0 Å². The molecule has 1 unspecified atom stereocenters. The van der Waals surface area contributed by atoms with E-state index in [1.165, 1.54) is 36.5 Å². The summed E-state index contributed by atoms with van der Waals surface area (Å²) < 4.78 is 12.1. The quantitative estimate of drug-likeness (QED) is 0.188. The van der Waals surface area contributed by atoms with E-state index in [1.54, 1.807) is 0 Å². The van der Waals surface area contributed by atoms with Crippen LogP contribution in [0.5, 0.6) is 5.75 Å². The zero-order valence-corrected chi connectivity index (χ0v) is 21.5. The molecule has 0 aliphatic heterocycles. The van der Waals surface area contributed by atoms with Gasteiger partial charge in [0.05, 0.1) is 0 Å². The highest BCUT2D eigenvalue weighted by Crippen LogP contribution is 2.32. The van der Waals surface area contributed by atoms with Crippen LogP contribution in [0, 0.1) is 3.57 Å². The normalized spacial score (nSPS) is 12.6. The summed E-state index contributed by atoms with van der Waals surface area (Å²) in [4.78, 5) is 0. The Hall–Kier alpha value is -2.73. The smallest absolute Gasteiger partial charge is 0.120 e. The zero-order valence-electron chi connectivity index (χ0n) is 19.3. The van der Waals surface area contributed by atoms with E-state index < -0.39 is 0 Å². The molecule has 5 aromatic rings. The summed E-state index contributed by atoms with van der Waals surface area (Å²) in [5, 5.41) is 2.58. The highest BCUT2D eigenvalue weighted by atomic mass is 127. The van der Waals surface area contributed by atoms with Crippen LogP contribution in [-0.2, 0) is 13.0 Å². The molecule has 0 aliphatic rings. The molecule has 0 radical (unpaired) electrons. The van der Waals surface area contributed by atoms with E-state index in [9.17, 15) is 0 Å². The van der Waals surface area contributed by atoms with Gasteiger partial charge >= 0.3 is 0 Å². The van der Waals surface area contributed by atoms with E-state index in [0.717, 1.165) is 12.2 Å². The molecule has 33 heavy (non-hydrogen) atoms. The summed E-state index contributed by atoms with van der Waals surface area (Å²) >= 11 is 2.49. The third-order valence-corrected chi connectivity index (χ3v) is 7.44. The van der Waals surface area contributed by atoms with E-state index in [0.29, 0.717) is 18.7 Å².